The molecule has 1 heterocycles. The van der Waals surface area contributed by atoms with Crippen molar-refractivity contribution in [3.63, 3.8) is 0 Å². The van der Waals surface area contributed by atoms with E-state index < -0.39 is 10.0 Å². The van der Waals surface area contributed by atoms with Crippen LogP contribution >= 0.6 is 0 Å². The van der Waals surface area contributed by atoms with E-state index >= 15 is 0 Å². The Hall–Kier alpha value is -1.31. The quantitative estimate of drug-likeness (QED) is 0.896. The molecule has 0 bridgehead atoms. The van der Waals surface area contributed by atoms with Crippen molar-refractivity contribution in [2.45, 2.75) is 24.8 Å². The zero-order valence-electron chi connectivity index (χ0n) is 12.8. The highest BCUT2D eigenvalue weighted by atomic mass is 32.2. The minimum Gasteiger partial charge on any atom is -0.493 e. The molecule has 0 spiro atoms. The second kappa shape index (κ2) is 5.82. The number of hydrogen-bond donors (Lipinski definition) is 1. The first-order valence-electron chi connectivity index (χ1n) is 6.79. The van der Waals surface area contributed by atoms with E-state index in [1.54, 1.807) is 13.0 Å². The van der Waals surface area contributed by atoms with E-state index in [9.17, 15) is 8.42 Å². The molecule has 0 aliphatic carbocycles. The summed E-state index contributed by atoms with van der Waals surface area (Å²) in [4.78, 5) is 0.237. The lowest BCUT2D eigenvalue weighted by Crippen LogP contribution is -2.32. The maximum atomic E-state index is 12.8. The van der Waals surface area contributed by atoms with Crippen molar-refractivity contribution in [2.24, 2.45) is 11.7 Å². The highest BCUT2D eigenvalue weighted by Crippen LogP contribution is 2.34. The molecule has 1 saturated heterocycles. The van der Waals surface area contributed by atoms with Crippen molar-refractivity contribution in [2.75, 3.05) is 27.3 Å². The molecule has 118 valence electrons. The first-order valence-corrected chi connectivity index (χ1v) is 8.23. The van der Waals surface area contributed by atoms with Gasteiger partial charge in [0, 0.05) is 25.2 Å². The number of rotatable bonds is 4. The molecule has 2 N–H and O–H groups in total. The van der Waals surface area contributed by atoms with Gasteiger partial charge in [-0.3, -0.25) is 0 Å². The number of hydrogen-bond acceptors (Lipinski definition) is 5. The molecule has 1 aromatic carbocycles. The lowest BCUT2D eigenvalue weighted by molar-refractivity contribution is 0.353. The zero-order chi connectivity index (χ0) is 15.8. The summed E-state index contributed by atoms with van der Waals surface area (Å²) in [6.07, 6.45) is 0. The van der Waals surface area contributed by atoms with Crippen LogP contribution in [0.1, 0.15) is 12.5 Å². The molecule has 0 radical (unpaired) electrons. The molecular weight excluding hydrogens is 292 g/mol. The maximum Gasteiger partial charge on any atom is 0.243 e. The van der Waals surface area contributed by atoms with Gasteiger partial charge in [0.2, 0.25) is 10.0 Å². The van der Waals surface area contributed by atoms with Gasteiger partial charge in [-0.2, -0.15) is 4.31 Å². The van der Waals surface area contributed by atoms with Crippen molar-refractivity contribution in [3.8, 4) is 11.5 Å². The predicted molar refractivity (Wildman–Crippen MR) is 80.2 cm³/mol. The van der Waals surface area contributed by atoms with Crippen LogP contribution < -0.4 is 15.2 Å². The van der Waals surface area contributed by atoms with E-state index in [-0.39, 0.29) is 16.9 Å². The second-order valence-corrected chi connectivity index (χ2v) is 7.34. The number of benzene rings is 1. The average molecular weight is 314 g/mol. The van der Waals surface area contributed by atoms with Gasteiger partial charge in [0.05, 0.1) is 19.1 Å². The lowest BCUT2D eigenvalue weighted by Gasteiger charge is -2.19. The van der Waals surface area contributed by atoms with Gasteiger partial charge < -0.3 is 15.2 Å². The largest absolute Gasteiger partial charge is 0.493 e. The van der Waals surface area contributed by atoms with Crippen LogP contribution in [0, 0.1) is 12.8 Å². The second-order valence-electron chi connectivity index (χ2n) is 5.44. The molecule has 2 unspecified atom stereocenters. The summed E-state index contributed by atoms with van der Waals surface area (Å²) in [5, 5.41) is 0. The molecule has 1 aliphatic rings. The van der Waals surface area contributed by atoms with Crippen LogP contribution in [-0.4, -0.2) is 46.1 Å². The Kier molecular flexibility index (Phi) is 4.46. The summed E-state index contributed by atoms with van der Waals surface area (Å²) in [6, 6.07) is 3.06. The van der Waals surface area contributed by atoms with E-state index in [0.29, 0.717) is 30.2 Å². The van der Waals surface area contributed by atoms with Gasteiger partial charge in [0.1, 0.15) is 0 Å². The Labute approximate surface area is 125 Å². The SMILES string of the molecule is COc1cc(C)c(S(=O)(=O)N2CC(C)C(N)C2)cc1OC. The summed E-state index contributed by atoms with van der Waals surface area (Å²) in [7, 11) is -0.571. The van der Waals surface area contributed by atoms with Crippen LogP contribution in [0.3, 0.4) is 0 Å². The fraction of sp³-hybridized carbons (Fsp3) is 0.571. The molecule has 2 rings (SSSR count). The number of nitrogens with two attached hydrogens (primary N) is 1. The number of ether oxygens (including phenoxy) is 2. The van der Waals surface area contributed by atoms with E-state index in [1.807, 2.05) is 6.92 Å². The van der Waals surface area contributed by atoms with Gasteiger partial charge in [0.25, 0.3) is 0 Å². The lowest BCUT2D eigenvalue weighted by atomic mass is 10.1. The molecule has 0 amide bonds. The van der Waals surface area contributed by atoms with Gasteiger partial charge in [0.15, 0.2) is 11.5 Å². The third-order valence-corrected chi connectivity index (χ3v) is 5.91. The van der Waals surface area contributed by atoms with E-state index in [4.69, 9.17) is 15.2 Å². The smallest absolute Gasteiger partial charge is 0.243 e. The van der Waals surface area contributed by atoms with Gasteiger partial charge in [-0.1, -0.05) is 6.92 Å². The van der Waals surface area contributed by atoms with Crippen molar-refractivity contribution >= 4 is 10.0 Å². The third kappa shape index (κ3) is 2.86. The Balaban J connectivity index is 2.45. The molecule has 1 fully saturated rings. The summed E-state index contributed by atoms with van der Waals surface area (Å²) in [5.41, 5.74) is 6.56. The molecule has 1 aliphatic heterocycles. The van der Waals surface area contributed by atoms with Crippen molar-refractivity contribution in [1.82, 2.24) is 4.31 Å². The molecule has 1 aromatic rings. The Morgan fingerprint density at radius 1 is 1.19 bits per heavy atom. The minimum atomic E-state index is -3.58. The van der Waals surface area contributed by atoms with Gasteiger partial charge in [-0.05, 0) is 24.5 Å². The van der Waals surface area contributed by atoms with E-state index in [1.165, 1.54) is 24.6 Å². The molecule has 6 nitrogen and oxygen atoms in total. The summed E-state index contributed by atoms with van der Waals surface area (Å²) >= 11 is 0. The fourth-order valence-corrected chi connectivity index (χ4v) is 4.32. The Bertz CT molecular complexity index is 620. The number of aryl methyl sites for hydroxylation is 1. The van der Waals surface area contributed by atoms with Crippen molar-refractivity contribution in [1.29, 1.82) is 0 Å². The van der Waals surface area contributed by atoms with Crippen LogP contribution in [0.4, 0.5) is 0 Å². The van der Waals surface area contributed by atoms with Gasteiger partial charge in [-0.25, -0.2) is 8.42 Å². The third-order valence-electron chi connectivity index (χ3n) is 3.94. The van der Waals surface area contributed by atoms with Crippen molar-refractivity contribution in [3.05, 3.63) is 17.7 Å². The van der Waals surface area contributed by atoms with Crippen molar-refractivity contribution < 1.29 is 17.9 Å². The molecular formula is C14H22N2O4S. The van der Waals surface area contributed by atoms with E-state index in [2.05, 4.69) is 0 Å². The topological polar surface area (TPSA) is 81.9 Å². The monoisotopic (exact) mass is 314 g/mol. The molecule has 2 atom stereocenters. The molecule has 0 aromatic heterocycles. The van der Waals surface area contributed by atoms with Gasteiger partial charge >= 0.3 is 0 Å². The standard InChI is InChI=1S/C14H22N2O4S/c1-9-5-12(19-3)13(20-4)6-14(9)21(17,18)16-7-10(2)11(15)8-16/h5-6,10-11H,7-8,15H2,1-4H3. The fourth-order valence-electron chi connectivity index (χ4n) is 2.52. The summed E-state index contributed by atoms with van der Waals surface area (Å²) < 4.78 is 37.4. The molecule has 21 heavy (non-hydrogen) atoms. The molecule has 0 saturated carbocycles. The number of sulfonamides is 1. The zero-order valence-corrected chi connectivity index (χ0v) is 13.6. The molecule has 7 heteroatoms. The summed E-state index contributed by atoms with van der Waals surface area (Å²) in [5.74, 6) is 1.07. The Morgan fingerprint density at radius 2 is 1.76 bits per heavy atom. The highest BCUT2D eigenvalue weighted by molar-refractivity contribution is 7.89. The average Bonchev–Trinajstić information content (AvgIpc) is 2.78. The van der Waals surface area contributed by atoms with Crippen LogP contribution in [-0.2, 0) is 10.0 Å². The van der Waals surface area contributed by atoms with Crippen LogP contribution in [0.25, 0.3) is 0 Å². The minimum absolute atomic E-state index is 0.125. The predicted octanol–water partition coefficient (Wildman–Crippen LogP) is 0.980. The number of nitrogens with zero attached hydrogens (tertiary/aromatic N) is 1. The normalized spacial score (nSPS) is 23.3. The first-order chi connectivity index (χ1) is 9.81. The maximum absolute atomic E-state index is 12.8. The van der Waals surface area contributed by atoms with Crippen LogP contribution in [0.15, 0.2) is 17.0 Å². The number of methoxy groups -OCH3 is 2. The van der Waals surface area contributed by atoms with Gasteiger partial charge in [-0.15, -0.1) is 0 Å². The summed E-state index contributed by atoms with van der Waals surface area (Å²) in [6.45, 7) is 4.49. The highest BCUT2D eigenvalue weighted by Gasteiger charge is 2.36. The Morgan fingerprint density at radius 3 is 2.24 bits per heavy atom. The first kappa shape index (κ1) is 16.1. The van der Waals surface area contributed by atoms with E-state index in [0.717, 1.165) is 0 Å². The van der Waals surface area contributed by atoms with Crippen LogP contribution in [0.5, 0.6) is 11.5 Å². The van der Waals surface area contributed by atoms with Crippen LogP contribution in [0.2, 0.25) is 0 Å².